The van der Waals surface area contributed by atoms with Crippen molar-refractivity contribution in [2.24, 2.45) is 5.92 Å². The Morgan fingerprint density at radius 2 is 1.97 bits per heavy atom. The van der Waals surface area contributed by atoms with Gasteiger partial charge in [0.25, 0.3) is 0 Å². The van der Waals surface area contributed by atoms with Gasteiger partial charge in [-0.2, -0.15) is 0 Å². The van der Waals surface area contributed by atoms with Crippen LogP contribution in [0.15, 0.2) is 12.1 Å². The Morgan fingerprint density at radius 3 is 2.73 bits per heavy atom. The van der Waals surface area contributed by atoms with Crippen molar-refractivity contribution < 1.29 is 29.0 Å². The lowest BCUT2D eigenvalue weighted by Gasteiger charge is -2.33. The van der Waals surface area contributed by atoms with E-state index >= 15 is 0 Å². The summed E-state index contributed by atoms with van der Waals surface area (Å²) < 4.78 is 10.8. The maximum atomic E-state index is 12.7. The molecule has 0 spiro atoms. The largest absolute Gasteiger partial charge is 0.481 e. The lowest BCUT2D eigenvalue weighted by Crippen LogP contribution is -2.56. The maximum absolute atomic E-state index is 12.7. The number of unbranched alkanes of at least 4 members (excludes halogenated alkanes) is 4. The molecule has 0 aliphatic carbocycles. The molecule has 1 aromatic heterocycles. The van der Waals surface area contributed by atoms with Gasteiger partial charge in [-0.1, -0.05) is 31.7 Å². The van der Waals surface area contributed by atoms with E-state index in [1.165, 1.54) is 5.56 Å². The molecule has 10 nitrogen and oxygen atoms in total. The van der Waals surface area contributed by atoms with Crippen LogP contribution in [0.25, 0.3) is 0 Å². The molecule has 2 unspecified atom stereocenters. The fourth-order valence-electron chi connectivity index (χ4n) is 4.55. The van der Waals surface area contributed by atoms with Gasteiger partial charge in [0.05, 0.1) is 13.2 Å². The average molecular weight is 519 g/mol. The fourth-order valence-corrected chi connectivity index (χ4v) is 4.55. The zero-order valence-electron chi connectivity index (χ0n) is 22.4. The zero-order valence-corrected chi connectivity index (χ0v) is 22.4. The number of fused-ring (bicyclic) bond motifs is 1. The van der Waals surface area contributed by atoms with Crippen LogP contribution in [0.2, 0.25) is 0 Å². The first-order valence-electron chi connectivity index (χ1n) is 13.5. The Morgan fingerprint density at radius 1 is 1.22 bits per heavy atom. The number of pyridine rings is 1. The molecule has 1 fully saturated rings. The first kappa shape index (κ1) is 28.8. The number of hydrogen-bond acceptors (Lipinski definition) is 8. The van der Waals surface area contributed by atoms with Gasteiger partial charge in [-0.25, -0.2) is 14.8 Å². The highest BCUT2D eigenvalue weighted by molar-refractivity contribution is 5.96. The summed E-state index contributed by atoms with van der Waals surface area (Å²) in [4.78, 5) is 41.4. The second kappa shape index (κ2) is 13.7. The molecule has 3 heterocycles. The topological polar surface area (TPSA) is 130 Å². The predicted molar refractivity (Wildman–Crippen MR) is 139 cm³/mol. The number of carbonyl (C=O) groups excluding carboxylic acids is 2. The number of carboxylic acids is 1. The SMILES string of the molecule is CC(C)(C)OC(=O)C1CN(NC(=O)C(CCCCCCCc2ccc3c(n2)NCCC3)C(=O)O)CCO1. The summed E-state index contributed by atoms with van der Waals surface area (Å²) in [6.45, 7) is 7.02. The number of nitrogens with zero attached hydrogens (tertiary/aromatic N) is 2. The summed E-state index contributed by atoms with van der Waals surface area (Å²) in [6.07, 6.45) is 7.20. The van der Waals surface area contributed by atoms with Crippen molar-refractivity contribution in [3.8, 4) is 0 Å². The van der Waals surface area contributed by atoms with Crippen LogP contribution in [0.1, 0.15) is 77.0 Å². The smallest absolute Gasteiger partial charge is 0.337 e. The van der Waals surface area contributed by atoms with Gasteiger partial charge < -0.3 is 19.9 Å². The molecule has 3 rings (SSSR count). The Hall–Kier alpha value is -2.72. The van der Waals surface area contributed by atoms with E-state index in [1.807, 2.05) is 0 Å². The number of carboxylic acid groups (broad SMARTS) is 1. The predicted octanol–water partition coefficient (Wildman–Crippen LogP) is 3.10. The normalized spacial score (nSPS) is 18.8. The zero-order chi connectivity index (χ0) is 26.8. The van der Waals surface area contributed by atoms with Crippen molar-refractivity contribution in [2.45, 2.75) is 90.3 Å². The number of hydrogen-bond donors (Lipinski definition) is 3. The monoisotopic (exact) mass is 518 g/mol. The molecule has 37 heavy (non-hydrogen) atoms. The van der Waals surface area contributed by atoms with Crippen molar-refractivity contribution in [1.29, 1.82) is 0 Å². The van der Waals surface area contributed by atoms with Gasteiger partial charge in [-0.3, -0.25) is 15.0 Å². The minimum absolute atomic E-state index is 0.113. The molecule has 0 aromatic carbocycles. The minimum Gasteiger partial charge on any atom is -0.481 e. The molecule has 0 radical (unpaired) electrons. The van der Waals surface area contributed by atoms with Gasteiger partial charge in [0.1, 0.15) is 17.3 Å². The number of carbonyl (C=O) groups is 3. The Kier molecular flexibility index (Phi) is 10.7. The number of amides is 1. The first-order chi connectivity index (χ1) is 17.6. The number of esters is 1. The molecule has 1 aromatic rings. The standard InChI is InChI=1S/C27H42N4O6/c1-27(2,3)37-26(35)22-18-31(16-17-36-22)30-24(32)21(25(33)34)12-8-6-4-5-7-11-20-14-13-19-10-9-15-28-23(19)29-20/h13-14,21-22H,4-12,15-18H2,1-3H3,(H,28,29)(H,30,32)(H,33,34). The third-order valence-electron chi connectivity index (χ3n) is 6.50. The number of anilines is 1. The van der Waals surface area contributed by atoms with Gasteiger partial charge in [0.2, 0.25) is 5.91 Å². The van der Waals surface area contributed by atoms with Crippen LogP contribution in [0.4, 0.5) is 5.82 Å². The second-order valence-corrected chi connectivity index (χ2v) is 10.9. The van der Waals surface area contributed by atoms with E-state index in [9.17, 15) is 19.5 Å². The molecule has 2 atom stereocenters. The van der Waals surface area contributed by atoms with Crippen molar-refractivity contribution in [3.63, 3.8) is 0 Å². The molecule has 206 valence electrons. The molecule has 0 saturated carbocycles. The molecule has 1 amide bonds. The second-order valence-electron chi connectivity index (χ2n) is 10.9. The number of aliphatic carboxylic acids is 1. The molecule has 1 saturated heterocycles. The summed E-state index contributed by atoms with van der Waals surface area (Å²) in [5.41, 5.74) is 4.42. The quantitative estimate of drug-likeness (QED) is 0.217. The number of aromatic nitrogens is 1. The summed E-state index contributed by atoms with van der Waals surface area (Å²) in [5.74, 6) is -2.31. The highest BCUT2D eigenvalue weighted by atomic mass is 16.6. The highest BCUT2D eigenvalue weighted by Crippen LogP contribution is 2.21. The minimum atomic E-state index is -1.14. The number of aryl methyl sites for hydroxylation is 2. The van der Waals surface area contributed by atoms with Gasteiger partial charge >= 0.3 is 11.9 Å². The van der Waals surface area contributed by atoms with Crippen LogP contribution in [0.3, 0.4) is 0 Å². The number of hydrazine groups is 1. The third-order valence-corrected chi connectivity index (χ3v) is 6.50. The van der Waals surface area contributed by atoms with Crippen LogP contribution in [-0.2, 0) is 36.7 Å². The van der Waals surface area contributed by atoms with Crippen LogP contribution in [-0.4, -0.2) is 70.9 Å². The van der Waals surface area contributed by atoms with Gasteiger partial charge in [-0.05, 0) is 64.5 Å². The van der Waals surface area contributed by atoms with Crippen molar-refractivity contribution in [1.82, 2.24) is 15.4 Å². The van der Waals surface area contributed by atoms with Crippen molar-refractivity contribution in [2.75, 3.05) is 31.6 Å². The van der Waals surface area contributed by atoms with Crippen LogP contribution in [0, 0.1) is 5.92 Å². The van der Waals surface area contributed by atoms with E-state index < -0.39 is 35.5 Å². The number of morpholine rings is 1. The van der Waals surface area contributed by atoms with E-state index in [0.29, 0.717) is 13.0 Å². The lowest BCUT2D eigenvalue weighted by molar-refractivity contribution is -0.176. The van der Waals surface area contributed by atoms with E-state index in [2.05, 4.69) is 22.9 Å². The third kappa shape index (κ3) is 9.59. The molecule has 3 N–H and O–H groups in total. The molecule has 2 aliphatic rings. The molecule has 0 bridgehead atoms. The molecule has 2 aliphatic heterocycles. The maximum Gasteiger partial charge on any atom is 0.337 e. The van der Waals surface area contributed by atoms with E-state index in [1.54, 1.807) is 25.8 Å². The summed E-state index contributed by atoms with van der Waals surface area (Å²) in [5, 5.41) is 14.5. The van der Waals surface area contributed by atoms with Gasteiger partial charge in [-0.15, -0.1) is 0 Å². The molecular weight excluding hydrogens is 476 g/mol. The van der Waals surface area contributed by atoms with Crippen LogP contribution in [0.5, 0.6) is 0 Å². The Labute approximate surface area is 219 Å². The Bertz CT molecular complexity index is 932. The fraction of sp³-hybridized carbons (Fsp3) is 0.704. The molecule has 10 heteroatoms. The summed E-state index contributed by atoms with van der Waals surface area (Å²) in [7, 11) is 0. The van der Waals surface area contributed by atoms with Gasteiger partial charge in [0, 0.05) is 18.8 Å². The number of rotatable bonds is 12. The van der Waals surface area contributed by atoms with Gasteiger partial charge in [0.15, 0.2) is 6.10 Å². The number of ether oxygens (including phenoxy) is 2. The van der Waals surface area contributed by atoms with Crippen molar-refractivity contribution in [3.05, 3.63) is 23.4 Å². The van der Waals surface area contributed by atoms with E-state index in [0.717, 1.165) is 63.0 Å². The number of nitrogens with one attached hydrogen (secondary N) is 2. The van der Waals surface area contributed by atoms with Crippen LogP contribution < -0.4 is 10.7 Å². The summed E-state index contributed by atoms with van der Waals surface area (Å²) >= 11 is 0. The average Bonchev–Trinajstić information content (AvgIpc) is 2.84. The first-order valence-corrected chi connectivity index (χ1v) is 13.5. The van der Waals surface area contributed by atoms with Crippen LogP contribution >= 0.6 is 0 Å². The highest BCUT2D eigenvalue weighted by Gasteiger charge is 2.33. The molecular formula is C27H42N4O6. The van der Waals surface area contributed by atoms with E-state index in [4.69, 9.17) is 14.5 Å². The Balaban J connectivity index is 1.34. The summed E-state index contributed by atoms with van der Waals surface area (Å²) in [6, 6.07) is 4.29. The van der Waals surface area contributed by atoms with Crippen molar-refractivity contribution >= 4 is 23.7 Å². The lowest BCUT2D eigenvalue weighted by atomic mass is 9.99. The van der Waals surface area contributed by atoms with E-state index in [-0.39, 0.29) is 19.6 Å².